The second-order valence-corrected chi connectivity index (χ2v) is 7.40. The molecule has 9 heteroatoms. The highest BCUT2D eigenvalue weighted by Crippen LogP contribution is 2.26. The van der Waals surface area contributed by atoms with Gasteiger partial charge in [0.25, 0.3) is 12.4 Å². The highest BCUT2D eigenvalue weighted by molar-refractivity contribution is 6.10. The predicted molar refractivity (Wildman–Crippen MR) is 124 cm³/mol. The molecule has 33 heavy (non-hydrogen) atoms. The maximum absolute atomic E-state index is 11.6. The zero-order valence-corrected chi connectivity index (χ0v) is 18.3. The molecule has 0 amide bonds. The van der Waals surface area contributed by atoms with Crippen LogP contribution in [0.4, 0.5) is 11.4 Å². The molecular formula is C24H26N4O5. The molecular weight excluding hydrogens is 424 g/mol. The molecule has 9 nitrogen and oxygen atoms in total. The summed E-state index contributed by atoms with van der Waals surface area (Å²) in [5.74, 6) is 0.0161. The number of guanidine groups is 1. The van der Waals surface area contributed by atoms with Crippen molar-refractivity contribution in [1.82, 2.24) is 5.32 Å². The number of epoxide rings is 1. The SMILES string of the molecule is C=C(C)C(=O)OCCOC1N=C(OCC2CO2)NC(N(c2ccccc2)c2ccccc2)=N1. The lowest BCUT2D eigenvalue weighted by Crippen LogP contribution is -2.47. The van der Waals surface area contributed by atoms with Crippen molar-refractivity contribution in [1.29, 1.82) is 0 Å². The van der Waals surface area contributed by atoms with E-state index in [4.69, 9.17) is 18.9 Å². The summed E-state index contributed by atoms with van der Waals surface area (Å²) in [5.41, 5.74) is 2.13. The van der Waals surface area contributed by atoms with Gasteiger partial charge in [0.05, 0.1) is 13.2 Å². The molecule has 0 spiro atoms. The summed E-state index contributed by atoms with van der Waals surface area (Å²) in [6.07, 6.45) is -0.813. The smallest absolute Gasteiger partial charge is 0.333 e. The van der Waals surface area contributed by atoms with Crippen molar-refractivity contribution in [2.24, 2.45) is 9.98 Å². The largest absolute Gasteiger partial charge is 0.462 e. The maximum Gasteiger partial charge on any atom is 0.333 e. The molecule has 2 atom stereocenters. The van der Waals surface area contributed by atoms with E-state index in [0.717, 1.165) is 11.4 Å². The summed E-state index contributed by atoms with van der Waals surface area (Å²) in [4.78, 5) is 22.5. The summed E-state index contributed by atoms with van der Waals surface area (Å²) >= 11 is 0. The minimum absolute atomic E-state index is 0.0587. The van der Waals surface area contributed by atoms with Crippen molar-refractivity contribution in [3.05, 3.63) is 72.8 Å². The first kappa shape index (κ1) is 22.5. The Hall–Kier alpha value is -3.69. The van der Waals surface area contributed by atoms with Gasteiger partial charge in [-0.1, -0.05) is 43.0 Å². The van der Waals surface area contributed by atoms with Gasteiger partial charge in [0.2, 0.25) is 5.96 Å². The van der Waals surface area contributed by atoms with Crippen LogP contribution in [0.5, 0.6) is 0 Å². The van der Waals surface area contributed by atoms with Crippen LogP contribution in [0.3, 0.4) is 0 Å². The van der Waals surface area contributed by atoms with E-state index < -0.39 is 12.3 Å². The van der Waals surface area contributed by atoms with Gasteiger partial charge in [-0.25, -0.2) is 4.79 Å². The topological polar surface area (TPSA) is 97.3 Å². The average molecular weight is 450 g/mol. The van der Waals surface area contributed by atoms with Crippen molar-refractivity contribution in [2.45, 2.75) is 19.4 Å². The Balaban J connectivity index is 1.54. The fourth-order valence-electron chi connectivity index (χ4n) is 2.95. The van der Waals surface area contributed by atoms with E-state index in [0.29, 0.717) is 24.7 Å². The number of amidine groups is 1. The molecule has 4 rings (SSSR count). The molecule has 0 radical (unpaired) electrons. The molecule has 2 aliphatic rings. The standard InChI is InChI=1S/C24H26N4O5/c1-17(2)21(29)30-13-14-31-23-25-22(26-24(27-23)33-16-20-15-32-20)28(18-9-5-3-6-10-18)19-11-7-4-8-12-19/h3-12,20,23H,1,13-16H2,2H3,(H,25,26,27). The van der Waals surface area contributed by atoms with Crippen LogP contribution in [0.1, 0.15) is 6.92 Å². The van der Waals surface area contributed by atoms with E-state index in [9.17, 15) is 4.79 Å². The molecule has 0 aromatic heterocycles. The van der Waals surface area contributed by atoms with Gasteiger partial charge in [0.1, 0.15) is 19.3 Å². The first-order chi connectivity index (χ1) is 16.1. The van der Waals surface area contributed by atoms with Gasteiger partial charge in [-0.15, -0.1) is 0 Å². The summed E-state index contributed by atoms with van der Waals surface area (Å²) in [6, 6.07) is 19.9. The van der Waals surface area contributed by atoms with Crippen LogP contribution in [0, 0.1) is 0 Å². The van der Waals surface area contributed by atoms with E-state index >= 15 is 0 Å². The van der Waals surface area contributed by atoms with E-state index in [1.807, 2.05) is 65.6 Å². The Morgan fingerprint density at radius 3 is 2.30 bits per heavy atom. The normalized spacial score (nSPS) is 18.9. The second-order valence-electron chi connectivity index (χ2n) is 7.40. The molecule has 1 saturated heterocycles. The summed E-state index contributed by atoms with van der Waals surface area (Å²) in [7, 11) is 0. The lowest BCUT2D eigenvalue weighted by molar-refractivity contribution is -0.141. The van der Waals surface area contributed by atoms with Crippen LogP contribution in [0.15, 0.2) is 82.8 Å². The van der Waals surface area contributed by atoms with Crippen molar-refractivity contribution < 1.29 is 23.7 Å². The van der Waals surface area contributed by atoms with Gasteiger partial charge in [-0.3, -0.25) is 10.2 Å². The molecule has 0 bridgehead atoms. The zero-order chi connectivity index (χ0) is 23.0. The number of benzene rings is 2. The first-order valence-electron chi connectivity index (χ1n) is 10.6. The zero-order valence-electron chi connectivity index (χ0n) is 18.3. The van der Waals surface area contributed by atoms with Crippen molar-refractivity contribution >= 4 is 29.3 Å². The lowest BCUT2D eigenvalue weighted by Gasteiger charge is -2.30. The molecule has 2 unspecified atom stereocenters. The second kappa shape index (κ2) is 10.8. The third-order valence-electron chi connectivity index (χ3n) is 4.66. The van der Waals surface area contributed by atoms with Crippen LogP contribution in [0.2, 0.25) is 0 Å². The van der Waals surface area contributed by atoms with Crippen LogP contribution in [-0.2, 0) is 23.7 Å². The average Bonchev–Trinajstić information content (AvgIpc) is 3.66. The molecule has 1 fully saturated rings. The van der Waals surface area contributed by atoms with Crippen molar-refractivity contribution in [2.75, 3.05) is 31.3 Å². The number of para-hydroxylation sites is 2. The Kier molecular flexibility index (Phi) is 7.33. The van der Waals surface area contributed by atoms with E-state index in [2.05, 4.69) is 21.9 Å². The van der Waals surface area contributed by atoms with E-state index in [-0.39, 0.29) is 25.3 Å². The number of carbonyl (C=O) groups excluding carboxylic acids is 1. The molecule has 0 aliphatic carbocycles. The van der Waals surface area contributed by atoms with Gasteiger partial charge >= 0.3 is 5.97 Å². The minimum Gasteiger partial charge on any atom is -0.462 e. The van der Waals surface area contributed by atoms with Gasteiger partial charge < -0.3 is 18.9 Å². The van der Waals surface area contributed by atoms with Gasteiger partial charge in [0.15, 0.2) is 0 Å². The van der Waals surface area contributed by atoms with Gasteiger partial charge in [-0.2, -0.15) is 9.98 Å². The van der Waals surface area contributed by atoms with Gasteiger partial charge in [-0.05, 0) is 31.2 Å². The number of ether oxygens (including phenoxy) is 4. The molecule has 2 aromatic rings. The third kappa shape index (κ3) is 6.41. The number of esters is 1. The van der Waals surface area contributed by atoms with E-state index in [1.54, 1.807) is 6.92 Å². The van der Waals surface area contributed by atoms with Crippen LogP contribution in [-0.4, -0.2) is 56.8 Å². The summed E-state index contributed by atoms with van der Waals surface area (Å²) in [6.45, 7) is 6.36. The van der Waals surface area contributed by atoms with E-state index in [1.165, 1.54) is 0 Å². The molecule has 2 aliphatic heterocycles. The fourth-order valence-corrected chi connectivity index (χ4v) is 2.95. The van der Waals surface area contributed by atoms with Crippen molar-refractivity contribution in [3.8, 4) is 0 Å². The lowest BCUT2D eigenvalue weighted by atomic mass is 10.2. The van der Waals surface area contributed by atoms with Crippen LogP contribution in [0.25, 0.3) is 0 Å². The van der Waals surface area contributed by atoms with Crippen LogP contribution >= 0.6 is 0 Å². The quantitative estimate of drug-likeness (QED) is 0.271. The number of nitrogens with one attached hydrogen (secondary N) is 1. The number of carbonyl (C=O) groups is 1. The highest BCUT2D eigenvalue weighted by atomic mass is 16.6. The van der Waals surface area contributed by atoms with Crippen LogP contribution < -0.4 is 10.2 Å². The molecule has 0 saturated carbocycles. The summed E-state index contributed by atoms with van der Waals surface area (Å²) < 4.78 is 21.9. The fraction of sp³-hybridized carbons (Fsp3) is 0.292. The van der Waals surface area contributed by atoms with Gasteiger partial charge in [0, 0.05) is 16.9 Å². The number of aliphatic imine (C=N–C) groups is 2. The number of anilines is 2. The minimum atomic E-state index is -0.880. The Morgan fingerprint density at radius 1 is 1.09 bits per heavy atom. The molecule has 1 N–H and O–H groups in total. The molecule has 2 aromatic carbocycles. The monoisotopic (exact) mass is 450 g/mol. The Morgan fingerprint density at radius 2 is 1.73 bits per heavy atom. The third-order valence-corrected chi connectivity index (χ3v) is 4.66. The first-order valence-corrected chi connectivity index (χ1v) is 10.6. The highest BCUT2D eigenvalue weighted by Gasteiger charge is 2.28. The molecule has 2 heterocycles. The predicted octanol–water partition coefficient (Wildman–Crippen LogP) is 2.97. The number of hydrogen-bond acceptors (Lipinski definition) is 9. The van der Waals surface area contributed by atoms with Crippen molar-refractivity contribution in [3.63, 3.8) is 0 Å². The number of hydrogen-bond donors (Lipinski definition) is 1. The Labute approximate surface area is 192 Å². The maximum atomic E-state index is 11.6. The Bertz CT molecular complexity index is 982. The number of rotatable bonds is 9. The number of nitrogens with zero attached hydrogens (tertiary/aromatic N) is 3. The molecule has 172 valence electrons. The summed E-state index contributed by atoms with van der Waals surface area (Å²) in [5, 5.41) is 3.16.